The predicted molar refractivity (Wildman–Crippen MR) is 255 cm³/mol. The summed E-state index contributed by atoms with van der Waals surface area (Å²) in [5.74, 6) is 0.585. The zero-order valence-electron chi connectivity index (χ0n) is 36.5. The zero-order chi connectivity index (χ0) is 40.0. The molecule has 1 unspecified atom stereocenters. The highest BCUT2D eigenvalue weighted by Gasteiger charge is 2.42. The smallest absolute Gasteiger partial charge is 0.0215 e. The lowest BCUT2D eigenvalue weighted by atomic mass is 9.70. The predicted octanol–water partition coefficient (Wildman–Crippen LogP) is 18.3. The summed E-state index contributed by atoms with van der Waals surface area (Å²) < 4.78 is 0. The van der Waals surface area contributed by atoms with Crippen LogP contribution in [0.1, 0.15) is 184 Å². The third kappa shape index (κ3) is 9.33. The highest BCUT2D eigenvalue weighted by Crippen LogP contribution is 2.56. The summed E-state index contributed by atoms with van der Waals surface area (Å²) in [7, 11) is 0. The highest BCUT2D eigenvalue weighted by atomic mass is 14.5. The molecule has 2 aliphatic rings. The molecule has 0 fully saturated rings. The fourth-order valence-electron chi connectivity index (χ4n) is 10.8. The summed E-state index contributed by atoms with van der Waals surface area (Å²) in [6.07, 6.45) is 28.6. The van der Waals surface area contributed by atoms with Gasteiger partial charge in [-0.25, -0.2) is 0 Å². The first kappa shape index (κ1) is 42.0. The lowest BCUT2D eigenvalue weighted by Crippen LogP contribution is -2.25. The first-order valence-corrected chi connectivity index (χ1v) is 23.9. The first-order valence-electron chi connectivity index (χ1n) is 23.9. The van der Waals surface area contributed by atoms with Crippen LogP contribution in [0.25, 0.3) is 43.8 Å². The van der Waals surface area contributed by atoms with E-state index in [0.717, 1.165) is 0 Å². The number of unbranched alkanes of at least 4 members (excludes halogenated alkanes) is 15. The standard InChI is InChI=1S/C33H44.C25H28/c1-3-5-7-9-11-17-25-33(26-18-12-10-8-6-4-2)30-22-16-15-21-29(30)32-28-20-14-13-19-27(28)23-24-31(32)33;1-2-3-4-5-6-7-14-22-21-15-10-11-16-23(21)25-20-13-9-8-12-19(20)17-18-24(22)25/h13-16,19-24H,3-12,17-18,25-26H2,1-2H3;8-13,15-18,22H,2-7,14H2,1H3. The van der Waals surface area contributed by atoms with Gasteiger partial charge in [0.05, 0.1) is 0 Å². The van der Waals surface area contributed by atoms with E-state index in [2.05, 4.69) is 142 Å². The van der Waals surface area contributed by atoms with Crippen LogP contribution in [0, 0.1) is 0 Å². The molecular formula is C58H72. The van der Waals surface area contributed by atoms with Crippen LogP contribution < -0.4 is 0 Å². The number of rotatable bonds is 21. The van der Waals surface area contributed by atoms with Crippen molar-refractivity contribution in [2.45, 2.75) is 167 Å². The molecule has 0 aromatic heterocycles. The van der Waals surface area contributed by atoms with E-state index in [-0.39, 0.29) is 5.41 Å². The number of benzene rings is 6. The Morgan fingerprint density at radius 3 is 1.48 bits per heavy atom. The maximum Gasteiger partial charge on any atom is 0.0215 e. The molecule has 8 rings (SSSR count). The monoisotopic (exact) mass is 769 g/mol. The molecule has 0 heteroatoms. The van der Waals surface area contributed by atoms with Gasteiger partial charge in [-0.05, 0) is 85.3 Å². The van der Waals surface area contributed by atoms with Crippen molar-refractivity contribution >= 4 is 21.5 Å². The van der Waals surface area contributed by atoms with Crippen LogP contribution in [0.15, 0.2) is 121 Å². The average molecular weight is 769 g/mol. The van der Waals surface area contributed by atoms with Crippen molar-refractivity contribution < 1.29 is 0 Å². The molecule has 0 bridgehead atoms. The van der Waals surface area contributed by atoms with E-state index in [1.807, 2.05) is 0 Å². The highest BCUT2D eigenvalue weighted by molar-refractivity contribution is 6.03. The van der Waals surface area contributed by atoms with E-state index in [1.54, 1.807) is 22.3 Å². The number of hydrogen-bond donors (Lipinski definition) is 0. The molecule has 6 aromatic carbocycles. The summed E-state index contributed by atoms with van der Waals surface area (Å²) in [6, 6.07) is 45.9. The topological polar surface area (TPSA) is 0 Å². The molecule has 6 aromatic rings. The summed E-state index contributed by atoms with van der Waals surface area (Å²) in [5.41, 5.74) is 12.5. The Kier molecular flexibility index (Phi) is 15.3. The van der Waals surface area contributed by atoms with Gasteiger partial charge in [-0.15, -0.1) is 0 Å². The normalized spacial score (nSPS) is 14.5. The molecule has 0 amide bonds. The van der Waals surface area contributed by atoms with E-state index >= 15 is 0 Å². The first-order chi connectivity index (χ1) is 28.7. The molecular weight excluding hydrogens is 697 g/mol. The van der Waals surface area contributed by atoms with E-state index in [9.17, 15) is 0 Å². The largest absolute Gasteiger partial charge is 0.0654 e. The van der Waals surface area contributed by atoms with Crippen molar-refractivity contribution in [2.75, 3.05) is 0 Å². The molecule has 0 heterocycles. The van der Waals surface area contributed by atoms with E-state index < -0.39 is 0 Å². The molecule has 1 atom stereocenters. The quantitative estimate of drug-likeness (QED) is 0.0640. The van der Waals surface area contributed by atoms with Gasteiger partial charge in [-0.3, -0.25) is 0 Å². The van der Waals surface area contributed by atoms with Gasteiger partial charge in [-0.1, -0.05) is 258 Å². The molecule has 0 saturated heterocycles. The maximum atomic E-state index is 2.49. The second-order valence-corrected chi connectivity index (χ2v) is 17.8. The second kappa shape index (κ2) is 21.2. The van der Waals surface area contributed by atoms with Crippen molar-refractivity contribution in [3.05, 3.63) is 144 Å². The molecule has 0 N–H and O–H groups in total. The van der Waals surface area contributed by atoms with Crippen LogP contribution in [-0.4, -0.2) is 0 Å². The molecule has 0 radical (unpaired) electrons. The molecule has 0 spiro atoms. The minimum absolute atomic E-state index is 0.200. The summed E-state index contributed by atoms with van der Waals surface area (Å²) >= 11 is 0. The number of fused-ring (bicyclic) bond motifs is 10. The third-order valence-electron chi connectivity index (χ3n) is 13.9. The Morgan fingerprint density at radius 2 is 0.845 bits per heavy atom. The van der Waals surface area contributed by atoms with Crippen LogP contribution in [0.2, 0.25) is 0 Å². The van der Waals surface area contributed by atoms with Crippen LogP contribution in [0.4, 0.5) is 0 Å². The second-order valence-electron chi connectivity index (χ2n) is 17.8. The Bertz CT molecular complexity index is 2170. The fraction of sp³-hybridized carbons (Fsp3) is 0.448. The molecule has 0 saturated carbocycles. The third-order valence-corrected chi connectivity index (χ3v) is 13.9. The molecule has 0 aliphatic heterocycles. The minimum Gasteiger partial charge on any atom is -0.0654 e. The van der Waals surface area contributed by atoms with Gasteiger partial charge in [0.15, 0.2) is 0 Å². The van der Waals surface area contributed by atoms with Crippen molar-refractivity contribution in [3.63, 3.8) is 0 Å². The summed E-state index contributed by atoms with van der Waals surface area (Å²) in [5, 5.41) is 5.59. The van der Waals surface area contributed by atoms with E-state index in [1.165, 1.54) is 179 Å². The van der Waals surface area contributed by atoms with Crippen molar-refractivity contribution in [3.8, 4) is 22.3 Å². The Labute approximate surface area is 352 Å². The van der Waals surface area contributed by atoms with Crippen LogP contribution >= 0.6 is 0 Å². The van der Waals surface area contributed by atoms with Crippen LogP contribution in [0.5, 0.6) is 0 Å². The van der Waals surface area contributed by atoms with Gasteiger partial charge in [0.2, 0.25) is 0 Å². The van der Waals surface area contributed by atoms with Crippen LogP contribution in [0.3, 0.4) is 0 Å². The zero-order valence-corrected chi connectivity index (χ0v) is 36.5. The molecule has 58 heavy (non-hydrogen) atoms. The summed E-state index contributed by atoms with van der Waals surface area (Å²) in [6.45, 7) is 6.91. The van der Waals surface area contributed by atoms with Crippen molar-refractivity contribution in [1.29, 1.82) is 0 Å². The van der Waals surface area contributed by atoms with Gasteiger partial charge in [0.25, 0.3) is 0 Å². The Morgan fingerprint density at radius 1 is 0.362 bits per heavy atom. The number of hydrogen-bond acceptors (Lipinski definition) is 0. The van der Waals surface area contributed by atoms with Gasteiger partial charge in [0.1, 0.15) is 0 Å². The lowest BCUT2D eigenvalue weighted by Gasteiger charge is -2.33. The fourth-order valence-corrected chi connectivity index (χ4v) is 10.8. The van der Waals surface area contributed by atoms with Gasteiger partial charge in [0, 0.05) is 11.3 Å². The van der Waals surface area contributed by atoms with Gasteiger partial charge < -0.3 is 0 Å². The molecule has 0 nitrogen and oxygen atoms in total. The molecule has 304 valence electrons. The van der Waals surface area contributed by atoms with E-state index in [4.69, 9.17) is 0 Å². The summed E-state index contributed by atoms with van der Waals surface area (Å²) in [4.78, 5) is 0. The average Bonchev–Trinajstić information content (AvgIpc) is 3.75. The Balaban J connectivity index is 0.000000183. The Hall–Kier alpha value is -4.16. The van der Waals surface area contributed by atoms with Crippen molar-refractivity contribution in [1.82, 2.24) is 0 Å². The van der Waals surface area contributed by atoms with Crippen molar-refractivity contribution in [2.24, 2.45) is 0 Å². The van der Waals surface area contributed by atoms with Gasteiger partial charge >= 0.3 is 0 Å². The SMILES string of the molecule is CCCCCCCCC1(CCCCCCCC)c2ccccc2-c2c1ccc1ccccc21.CCCCCCCCC1c2ccccc2-c2c1ccc1ccccc21. The molecule has 2 aliphatic carbocycles. The van der Waals surface area contributed by atoms with E-state index in [0.29, 0.717) is 5.92 Å². The van der Waals surface area contributed by atoms with Gasteiger partial charge in [-0.2, -0.15) is 0 Å². The minimum atomic E-state index is 0.200. The maximum absolute atomic E-state index is 2.49. The lowest BCUT2D eigenvalue weighted by molar-refractivity contribution is 0.398. The van der Waals surface area contributed by atoms with Crippen LogP contribution in [-0.2, 0) is 5.41 Å².